The van der Waals surface area contributed by atoms with Crippen molar-refractivity contribution >= 4 is 11.9 Å². The van der Waals surface area contributed by atoms with Gasteiger partial charge in [0.15, 0.2) is 0 Å². The van der Waals surface area contributed by atoms with Gasteiger partial charge in [0.25, 0.3) is 5.91 Å². The first-order chi connectivity index (χ1) is 12.8. The van der Waals surface area contributed by atoms with Crippen LogP contribution in [-0.2, 0) is 11.2 Å². The van der Waals surface area contributed by atoms with Crippen LogP contribution < -0.4 is 0 Å². The molecule has 1 aliphatic rings. The summed E-state index contributed by atoms with van der Waals surface area (Å²) in [5, 5.41) is 20.4. The summed E-state index contributed by atoms with van der Waals surface area (Å²) >= 11 is 0. The van der Waals surface area contributed by atoms with E-state index in [-0.39, 0.29) is 31.5 Å². The molecule has 3 rings (SSSR count). The van der Waals surface area contributed by atoms with Crippen molar-refractivity contribution in [3.63, 3.8) is 0 Å². The second kappa shape index (κ2) is 7.44. The van der Waals surface area contributed by atoms with E-state index in [0.29, 0.717) is 6.07 Å². The molecule has 2 atom stereocenters. The van der Waals surface area contributed by atoms with Gasteiger partial charge in [-0.05, 0) is 30.5 Å². The number of nitrogens with zero attached hydrogens (tertiary/aromatic N) is 1. The lowest BCUT2D eigenvalue weighted by Gasteiger charge is -2.43. The number of hydrogen-bond acceptors (Lipinski definition) is 3. The number of carbonyl (C=O) groups excluding carboxylic acids is 1. The van der Waals surface area contributed by atoms with Crippen molar-refractivity contribution < 1.29 is 28.6 Å². The van der Waals surface area contributed by atoms with Crippen molar-refractivity contribution in [2.24, 2.45) is 5.41 Å². The van der Waals surface area contributed by atoms with E-state index in [1.165, 1.54) is 4.90 Å². The molecular formula is C20H19F2NO4. The van der Waals surface area contributed by atoms with Gasteiger partial charge in [-0.3, -0.25) is 9.59 Å². The second-order valence-corrected chi connectivity index (χ2v) is 6.76. The molecule has 1 heterocycles. The minimum atomic E-state index is -1.43. The van der Waals surface area contributed by atoms with Crippen molar-refractivity contribution in [1.29, 1.82) is 0 Å². The number of aliphatic carboxylic acids is 1. The predicted molar refractivity (Wildman–Crippen MR) is 93.1 cm³/mol. The molecule has 142 valence electrons. The van der Waals surface area contributed by atoms with Crippen LogP contribution in [0, 0.1) is 17.0 Å². The fourth-order valence-electron chi connectivity index (χ4n) is 3.48. The molecular weight excluding hydrogens is 356 g/mol. The quantitative estimate of drug-likeness (QED) is 0.861. The number of likely N-dealkylation sites (tertiary alicyclic amines) is 1. The van der Waals surface area contributed by atoms with Crippen molar-refractivity contribution in [2.75, 3.05) is 13.1 Å². The fourth-order valence-corrected chi connectivity index (χ4v) is 3.48. The number of rotatable bonds is 4. The van der Waals surface area contributed by atoms with Gasteiger partial charge in [-0.15, -0.1) is 0 Å². The first-order valence-corrected chi connectivity index (χ1v) is 8.53. The normalized spacial score (nSPS) is 22.5. The van der Waals surface area contributed by atoms with Crippen LogP contribution in [0.25, 0.3) is 0 Å². The molecule has 5 nitrogen and oxygen atoms in total. The van der Waals surface area contributed by atoms with Crippen LogP contribution in [0.15, 0.2) is 48.5 Å². The molecule has 0 unspecified atom stereocenters. The Balaban J connectivity index is 1.80. The summed E-state index contributed by atoms with van der Waals surface area (Å²) < 4.78 is 26.9. The Morgan fingerprint density at radius 3 is 2.44 bits per heavy atom. The lowest BCUT2D eigenvalue weighted by molar-refractivity contribution is -0.161. The third-order valence-electron chi connectivity index (χ3n) is 5.10. The van der Waals surface area contributed by atoms with Crippen LogP contribution in [0.1, 0.15) is 22.3 Å². The van der Waals surface area contributed by atoms with Crippen LogP contribution in [0.5, 0.6) is 0 Å². The summed E-state index contributed by atoms with van der Waals surface area (Å²) in [6.45, 7) is -0.194. The third-order valence-corrected chi connectivity index (χ3v) is 5.10. The molecule has 27 heavy (non-hydrogen) atoms. The van der Waals surface area contributed by atoms with E-state index in [1.807, 2.05) is 6.07 Å². The molecule has 2 aromatic rings. The summed E-state index contributed by atoms with van der Waals surface area (Å²) in [6.07, 6.45) is -1.18. The maximum Gasteiger partial charge on any atom is 0.312 e. The lowest BCUT2D eigenvalue weighted by atomic mass is 9.71. The van der Waals surface area contributed by atoms with Crippen LogP contribution in [0.3, 0.4) is 0 Å². The smallest absolute Gasteiger partial charge is 0.312 e. The van der Waals surface area contributed by atoms with E-state index >= 15 is 0 Å². The average molecular weight is 375 g/mol. The zero-order chi connectivity index (χ0) is 19.6. The van der Waals surface area contributed by atoms with Crippen molar-refractivity contribution in [1.82, 2.24) is 4.90 Å². The standard InChI is InChI=1S/C20H19F2NO4/c21-14-6-7-15(16(22)10-14)18(25)23-9-8-20(19(26)27,17(24)12-23)11-13-4-2-1-3-5-13/h1-7,10,17,24H,8-9,11-12H2,(H,26,27)/t17-,20-/m1/s1. The molecule has 0 saturated carbocycles. The summed E-state index contributed by atoms with van der Waals surface area (Å²) in [6, 6.07) is 11.6. The molecule has 1 amide bonds. The first-order valence-electron chi connectivity index (χ1n) is 8.53. The van der Waals surface area contributed by atoms with E-state index < -0.39 is 35.0 Å². The van der Waals surface area contributed by atoms with Crippen LogP contribution in [0.2, 0.25) is 0 Å². The fraction of sp³-hybridized carbons (Fsp3) is 0.300. The number of aliphatic hydroxyl groups excluding tert-OH is 1. The molecule has 2 aromatic carbocycles. The van der Waals surface area contributed by atoms with Gasteiger partial charge in [-0.2, -0.15) is 0 Å². The predicted octanol–water partition coefficient (Wildman–Crippen LogP) is 2.49. The zero-order valence-electron chi connectivity index (χ0n) is 14.4. The van der Waals surface area contributed by atoms with Gasteiger partial charge in [0, 0.05) is 19.2 Å². The number of β-amino-alcohol motifs (C(OH)–C–C–N with tert-alkyl or cyclic N) is 1. The number of halogens is 2. The molecule has 1 fully saturated rings. The number of benzene rings is 2. The maximum atomic E-state index is 13.9. The van der Waals surface area contributed by atoms with Gasteiger partial charge in [-0.25, -0.2) is 8.78 Å². The van der Waals surface area contributed by atoms with E-state index in [9.17, 15) is 28.6 Å². The minimum absolute atomic E-state index is 0.0208. The second-order valence-electron chi connectivity index (χ2n) is 6.76. The molecule has 0 bridgehead atoms. The Bertz CT molecular complexity index is 858. The molecule has 0 aromatic heterocycles. The number of amides is 1. The monoisotopic (exact) mass is 375 g/mol. The molecule has 2 N–H and O–H groups in total. The van der Waals surface area contributed by atoms with E-state index in [2.05, 4.69) is 0 Å². The summed E-state index contributed by atoms with van der Waals surface area (Å²) in [5.74, 6) is -3.63. The van der Waals surface area contributed by atoms with Crippen molar-refractivity contribution in [3.8, 4) is 0 Å². The average Bonchev–Trinajstić information content (AvgIpc) is 2.63. The third kappa shape index (κ3) is 3.68. The Morgan fingerprint density at radius 1 is 1.15 bits per heavy atom. The highest BCUT2D eigenvalue weighted by Gasteiger charge is 2.49. The van der Waals surface area contributed by atoms with E-state index in [1.54, 1.807) is 24.3 Å². The molecule has 0 aliphatic carbocycles. The summed E-state index contributed by atoms with van der Waals surface area (Å²) in [7, 11) is 0. The molecule has 1 aliphatic heterocycles. The van der Waals surface area contributed by atoms with Crippen molar-refractivity contribution in [3.05, 3.63) is 71.3 Å². The van der Waals surface area contributed by atoms with Crippen molar-refractivity contribution in [2.45, 2.75) is 18.9 Å². The van der Waals surface area contributed by atoms with Gasteiger partial charge in [0.2, 0.25) is 0 Å². The SMILES string of the molecule is O=C(c1ccc(F)cc1F)N1CC[C@](Cc2ccccc2)(C(=O)O)[C@H](O)C1. The Morgan fingerprint density at radius 2 is 1.85 bits per heavy atom. The topological polar surface area (TPSA) is 77.8 Å². The maximum absolute atomic E-state index is 13.9. The Labute approximate surface area is 154 Å². The summed E-state index contributed by atoms with van der Waals surface area (Å²) in [4.78, 5) is 25.7. The minimum Gasteiger partial charge on any atom is -0.481 e. The summed E-state index contributed by atoms with van der Waals surface area (Å²) in [5.41, 5.74) is -0.975. The van der Waals surface area contributed by atoms with Gasteiger partial charge in [0.1, 0.15) is 17.0 Å². The highest BCUT2D eigenvalue weighted by Crippen LogP contribution is 2.36. The number of hydrogen-bond donors (Lipinski definition) is 2. The first kappa shape index (κ1) is 19.0. The van der Waals surface area contributed by atoms with Gasteiger partial charge in [0.05, 0.1) is 11.7 Å². The number of carboxylic acids is 1. The number of aliphatic hydroxyl groups is 1. The van der Waals surface area contributed by atoms with E-state index in [4.69, 9.17) is 0 Å². The van der Waals surface area contributed by atoms with Crippen LogP contribution in [-0.4, -0.2) is 46.2 Å². The Hall–Kier alpha value is -2.80. The zero-order valence-corrected chi connectivity index (χ0v) is 14.4. The Kier molecular flexibility index (Phi) is 5.23. The number of piperidine rings is 1. The number of carbonyl (C=O) groups is 2. The molecule has 0 radical (unpaired) electrons. The highest BCUT2D eigenvalue weighted by atomic mass is 19.1. The van der Waals surface area contributed by atoms with Gasteiger partial charge >= 0.3 is 5.97 Å². The molecule has 0 spiro atoms. The van der Waals surface area contributed by atoms with Gasteiger partial charge in [-0.1, -0.05) is 30.3 Å². The van der Waals surface area contributed by atoms with Crippen LogP contribution >= 0.6 is 0 Å². The van der Waals surface area contributed by atoms with E-state index in [0.717, 1.165) is 17.7 Å². The molecule has 1 saturated heterocycles. The van der Waals surface area contributed by atoms with Gasteiger partial charge < -0.3 is 15.1 Å². The highest BCUT2D eigenvalue weighted by molar-refractivity contribution is 5.94. The number of carboxylic acid groups (broad SMARTS) is 1. The lowest BCUT2D eigenvalue weighted by Crippen LogP contribution is -2.57. The largest absolute Gasteiger partial charge is 0.481 e. The molecule has 7 heteroatoms. The van der Waals surface area contributed by atoms with Crippen LogP contribution in [0.4, 0.5) is 8.78 Å².